The molecule has 0 amide bonds. The Kier molecular flexibility index (Phi) is 2.24. The van der Waals surface area contributed by atoms with Gasteiger partial charge in [-0.2, -0.15) is 0 Å². The highest BCUT2D eigenvalue weighted by molar-refractivity contribution is 5.98. The lowest BCUT2D eigenvalue weighted by Crippen LogP contribution is -2.30. The van der Waals surface area contributed by atoms with Gasteiger partial charge in [0.1, 0.15) is 0 Å². The predicted octanol–water partition coefficient (Wildman–Crippen LogP) is 1.05. The van der Waals surface area contributed by atoms with Gasteiger partial charge in [0.05, 0.1) is 5.69 Å². The minimum absolute atomic E-state index is 0.585. The molecule has 1 fully saturated rings. The number of benzene rings is 1. The Balaban J connectivity index is 2.23. The van der Waals surface area contributed by atoms with Gasteiger partial charge in [0.25, 0.3) is 0 Å². The van der Waals surface area contributed by atoms with Crippen LogP contribution in [0.1, 0.15) is 12.8 Å². The predicted molar refractivity (Wildman–Crippen MR) is 66.6 cm³/mol. The van der Waals surface area contributed by atoms with Gasteiger partial charge in [0.2, 0.25) is 6.20 Å². The van der Waals surface area contributed by atoms with Gasteiger partial charge in [0.15, 0.2) is 5.52 Å². The lowest BCUT2D eigenvalue weighted by atomic mass is 10.1. The zero-order valence-electron chi connectivity index (χ0n) is 9.47. The summed E-state index contributed by atoms with van der Waals surface area (Å²) in [5.74, 6) is 0. The van der Waals surface area contributed by atoms with E-state index in [-0.39, 0.29) is 0 Å². The van der Waals surface area contributed by atoms with Crippen molar-refractivity contribution in [2.75, 3.05) is 23.7 Å². The molecule has 1 aromatic heterocycles. The molecule has 0 radical (unpaired) electrons. The van der Waals surface area contributed by atoms with Crippen LogP contribution < -0.4 is 15.5 Å². The molecule has 0 aliphatic carbocycles. The largest absolute Gasteiger partial charge is 0.594 e. The first-order valence-electron chi connectivity index (χ1n) is 5.79. The van der Waals surface area contributed by atoms with E-state index in [4.69, 9.17) is 5.73 Å². The quantitative estimate of drug-likeness (QED) is 0.451. The zero-order chi connectivity index (χ0) is 11.8. The Morgan fingerprint density at radius 2 is 2.00 bits per heavy atom. The highest BCUT2D eigenvalue weighted by Gasteiger charge is 2.18. The average Bonchev–Trinajstić information content (AvgIpc) is 2.83. The highest BCUT2D eigenvalue weighted by atomic mass is 16.5. The van der Waals surface area contributed by atoms with Crippen molar-refractivity contribution in [3.63, 3.8) is 0 Å². The summed E-state index contributed by atoms with van der Waals surface area (Å²) < 4.78 is 0. The van der Waals surface area contributed by atoms with Crippen molar-refractivity contribution in [3.8, 4) is 0 Å². The first-order chi connectivity index (χ1) is 8.25. The van der Waals surface area contributed by atoms with Crippen molar-refractivity contribution in [3.05, 3.63) is 29.6 Å². The number of rotatable bonds is 1. The van der Waals surface area contributed by atoms with Crippen molar-refractivity contribution >= 4 is 22.3 Å². The normalized spacial score (nSPS) is 15.6. The molecular weight excluding hydrogens is 216 g/mol. The standard InChI is InChI=1S/C12H14N4O/c13-10-3-4-11(15-6-1-2-7-15)12-9(10)5-8-16(17)14-12/h3-5,8H,1-2,6-7,13H2. The fraction of sp³-hybridized carbons (Fsp3) is 0.333. The number of nitrogen functional groups attached to an aromatic ring is 1. The van der Waals surface area contributed by atoms with Gasteiger partial charge in [-0.05, 0) is 25.0 Å². The molecule has 1 aliphatic heterocycles. The molecule has 5 nitrogen and oxygen atoms in total. The molecule has 0 atom stereocenters. The van der Waals surface area contributed by atoms with Crippen LogP contribution in [-0.2, 0) is 0 Å². The topological polar surface area (TPSA) is 69.1 Å². The van der Waals surface area contributed by atoms with Gasteiger partial charge >= 0.3 is 0 Å². The molecule has 17 heavy (non-hydrogen) atoms. The van der Waals surface area contributed by atoms with E-state index >= 15 is 0 Å². The third kappa shape index (κ3) is 1.63. The second-order valence-corrected chi connectivity index (χ2v) is 4.35. The van der Waals surface area contributed by atoms with Gasteiger partial charge in [-0.1, -0.05) is 4.85 Å². The van der Waals surface area contributed by atoms with Crippen molar-refractivity contribution in [2.45, 2.75) is 12.8 Å². The summed E-state index contributed by atoms with van der Waals surface area (Å²) in [6, 6.07) is 5.56. The molecule has 3 rings (SSSR count). The first kappa shape index (κ1) is 10.1. The minimum atomic E-state index is 0.585. The molecule has 1 aliphatic rings. The molecule has 88 valence electrons. The van der Waals surface area contributed by atoms with Crippen molar-refractivity contribution in [2.24, 2.45) is 0 Å². The summed E-state index contributed by atoms with van der Waals surface area (Å²) in [4.78, 5) is 2.84. The first-order valence-corrected chi connectivity index (χ1v) is 5.79. The number of hydrogen-bond donors (Lipinski definition) is 1. The number of hydrogen-bond acceptors (Lipinski definition) is 4. The van der Waals surface area contributed by atoms with E-state index < -0.39 is 0 Å². The lowest BCUT2D eigenvalue weighted by Gasteiger charge is -2.18. The fourth-order valence-corrected chi connectivity index (χ4v) is 2.38. The summed E-state index contributed by atoms with van der Waals surface area (Å²) in [6.07, 6.45) is 3.76. The van der Waals surface area contributed by atoms with Crippen LogP contribution in [0.5, 0.6) is 0 Å². The average molecular weight is 230 g/mol. The Bertz CT molecular complexity index is 564. The number of nitrogens with two attached hydrogens (primary N) is 1. The summed E-state index contributed by atoms with van der Waals surface area (Å²) in [5.41, 5.74) is 8.28. The molecule has 0 bridgehead atoms. The number of aromatic nitrogens is 2. The molecular formula is C12H14N4O. The third-order valence-corrected chi connectivity index (χ3v) is 3.24. The smallest absolute Gasteiger partial charge is 0.210 e. The van der Waals surface area contributed by atoms with E-state index in [0.29, 0.717) is 16.0 Å². The maximum atomic E-state index is 11.3. The SMILES string of the molecule is Nc1ccc(N2CCCC2)c2n[n+]([O-])ccc12. The molecule has 5 heteroatoms. The molecule has 1 saturated heterocycles. The van der Waals surface area contributed by atoms with Crippen LogP contribution in [0.15, 0.2) is 24.4 Å². The van der Waals surface area contributed by atoms with E-state index in [1.165, 1.54) is 19.0 Å². The summed E-state index contributed by atoms with van der Waals surface area (Å²) in [7, 11) is 0. The molecule has 2 heterocycles. The lowest BCUT2D eigenvalue weighted by molar-refractivity contribution is -0.666. The summed E-state index contributed by atoms with van der Waals surface area (Å²) in [5, 5.41) is 16.2. The molecule has 2 N–H and O–H groups in total. The van der Waals surface area contributed by atoms with Gasteiger partial charge in [0, 0.05) is 35.3 Å². The molecule has 0 spiro atoms. The Hall–Kier alpha value is -2.04. The fourth-order valence-electron chi connectivity index (χ4n) is 2.38. The van der Waals surface area contributed by atoms with E-state index in [9.17, 15) is 5.21 Å². The third-order valence-electron chi connectivity index (χ3n) is 3.24. The molecule has 2 aromatic rings. The number of anilines is 2. The highest BCUT2D eigenvalue weighted by Crippen LogP contribution is 2.30. The van der Waals surface area contributed by atoms with Gasteiger partial charge in [-0.3, -0.25) is 0 Å². The van der Waals surface area contributed by atoms with Gasteiger partial charge in [-0.25, -0.2) is 0 Å². The van der Waals surface area contributed by atoms with Crippen LogP contribution in [0.2, 0.25) is 0 Å². The minimum Gasteiger partial charge on any atom is -0.594 e. The maximum Gasteiger partial charge on any atom is 0.210 e. The van der Waals surface area contributed by atoms with Crippen LogP contribution in [0.4, 0.5) is 11.4 Å². The van der Waals surface area contributed by atoms with Crippen molar-refractivity contribution < 1.29 is 4.85 Å². The molecule has 1 aromatic carbocycles. The van der Waals surface area contributed by atoms with E-state index in [0.717, 1.165) is 24.2 Å². The molecule has 0 unspecified atom stereocenters. The number of fused-ring (bicyclic) bond motifs is 1. The second-order valence-electron chi connectivity index (χ2n) is 4.35. The zero-order valence-corrected chi connectivity index (χ0v) is 9.47. The van der Waals surface area contributed by atoms with Crippen LogP contribution in [0.3, 0.4) is 0 Å². The maximum absolute atomic E-state index is 11.3. The van der Waals surface area contributed by atoms with Gasteiger partial charge < -0.3 is 15.8 Å². The van der Waals surface area contributed by atoms with E-state index in [1.54, 1.807) is 6.07 Å². The van der Waals surface area contributed by atoms with Crippen LogP contribution in [0, 0.1) is 5.21 Å². The van der Waals surface area contributed by atoms with E-state index in [2.05, 4.69) is 10.00 Å². The number of nitrogens with zero attached hydrogens (tertiary/aromatic N) is 3. The second kappa shape index (κ2) is 3.76. The Morgan fingerprint density at radius 3 is 2.76 bits per heavy atom. The van der Waals surface area contributed by atoms with Crippen LogP contribution >= 0.6 is 0 Å². The Labute approximate surface area is 99.0 Å². The van der Waals surface area contributed by atoms with Crippen LogP contribution in [-0.4, -0.2) is 18.2 Å². The summed E-state index contributed by atoms with van der Waals surface area (Å²) in [6.45, 7) is 2.04. The summed E-state index contributed by atoms with van der Waals surface area (Å²) >= 11 is 0. The van der Waals surface area contributed by atoms with Crippen molar-refractivity contribution in [1.29, 1.82) is 0 Å². The molecule has 0 saturated carbocycles. The van der Waals surface area contributed by atoms with Crippen molar-refractivity contribution in [1.82, 2.24) is 5.10 Å². The van der Waals surface area contributed by atoms with Crippen LogP contribution in [0.25, 0.3) is 10.9 Å². The van der Waals surface area contributed by atoms with E-state index in [1.807, 2.05) is 12.1 Å². The monoisotopic (exact) mass is 230 g/mol. The Morgan fingerprint density at radius 1 is 1.24 bits per heavy atom. The van der Waals surface area contributed by atoms with Gasteiger partial charge in [-0.15, -0.1) is 0 Å².